The van der Waals surface area contributed by atoms with Gasteiger partial charge in [0.2, 0.25) is 6.33 Å². The molecule has 0 unspecified atom stereocenters. The van der Waals surface area contributed by atoms with Crippen LogP contribution in [-0.4, -0.2) is 18.7 Å². The molecule has 4 aromatic carbocycles. The molecule has 8 rings (SSSR count). The van der Waals surface area contributed by atoms with E-state index in [-0.39, 0.29) is 21.1 Å². The number of aromatic nitrogens is 5. The quantitative estimate of drug-likeness (QED) is 0.145. The van der Waals surface area contributed by atoms with Crippen molar-refractivity contribution < 1.29 is 25.6 Å². The first-order valence-corrected chi connectivity index (χ1v) is 13.4. The van der Waals surface area contributed by atoms with Gasteiger partial charge in [-0.2, -0.15) is 42.5 Å². The summed E-state index contributed by atoms with van der Waals surface area (Å²) < 4.78 is 8.33. The Morgan fingerprint density at radius 1 is 0.683 bits per heavy atom. The van der Waals surface area contributed by atoms with Gasteiger partial charge in [0.25, 0.3) is 0 Å². The molecule has 6 heteroatoms. The summed E-state index contributed by atoms with van der Waals surface area (Å²) >= 11 is 0. The zero-order chi connectivity index (χ0) is 27.0. The van der Waals surface area contributed by atoms with Crippen LogP contribution in [0.15, 0.2) is 97.3 Å². The molecule has 4 heterocycles. The molecule has 41 heavy (non-hydrogen) atoms. The molecule has 8 aromatic rings. The van der Waals surface area contributed by atoms with Crippen molar-refractivity contribution in [3.05, 3.63) is 127 Å². The van der Waals surface area contributed by atoms with Crippen LogP contribution in [0.1, 0.15) is 11.1 Å². The van der Waals surface area contributed by atoms with E-state index in [1.165, 1.54) is 21.9 Å². The van der Waals surface area contributed by atoms with Gasteiger partial charge in [0, 0.05) is 55.0 Å². The third kappa shape index (κ3) is 3.95. The molecule has 0 aliphatic carbocycles. The van der Waals surface area contributed by atoms with Crippen LogP contribution in [-0.2, 0) is 28.1 Å². The summed E-state index contributed by atoms with van der Waals surface area (Å²) in [5, 5.41) is 4.64. The van der Waals surface area contributed by atoms with Crippen molar-refractivity contribution >= 4 is 43.9 Å². The van der Waals surface area contributed by atoms with Crippen LogP contribution in [0.2, 0.25) is 0 Å². The third-order valence-electron chi connectivity index (χ3n) is 7.68. The minimum atomic E-state index is 0. The Hall–Kier alpha value is -4.47. The maximum absolute atomic E-state index is 5.44. The Balaban J connectivity index is 0.00000276. The van der Waals surface area contributed by atoms with Gasteiger partial charge in [0.15, 0.2) is 0 Å². The van der Waals surface area contributed by atoms with Gasteiger partial charge in [0.05, 0.1) is 18.1 Å². The second-order valence-electron chi connectivity index (χ2n) is 10.5. The Morgan fingerprint density at radius 3 is 1.93 bits per heavy atom. The van der Waals surface area contributed by atoms with E-state index < -0.39 is 0 Å². The average Bonchev–Trinajstić information content (AvgIpc) is 3.64. The number of hydrogen-bond acceptors (Lipinski definition) is 1. The number of aryl methyl sites for hydroxylation is 3. The molecule has 0 fully saturated rings. The number of hydrogen-bond donors (Lipinski definition) is 0. The van der Waals surface area contributed by atoms with Gasteiger partial charge in [-0.05, 0) is 44.2 Å². The van der Waals surface area contributed by atoms with Crippen LogP contribution in [0.25, 0.3) is 60.9 Å². The monoisotopic (exact) mass is 710 g/mol. The number of pyridine rings is 1. The average molecular weight is 711 g/mol. The first-order chi connectivity index (χ1) is 19.5. The number of fused-ring (bicyclic) bond motifs is 6. The predicted octanol–water partition coefficient (Wildman–Crippen LogP) is 6.91. The van der Waals surface area contributed by atoms with E-state index >= 15 is 0 Å². The van der Waals surface area contributed by atoms with Crippen LogP contribution in [0, 0.1) is 32.3 Å². The van der Waals surface area contributed by atoms with Crippen molar-refractivity contribution in [2.75, 3.05) is 0 Å². The molecule has 0 aliphatic heterocycles. The van der Waals surface area contributed by atoms with Gasteiger partial charge in [-0.3, -0.25) is 0 Å². The summed E-state index contributed by atoms with van der Waals surface area (Å²) in [6.45, 7) is 4.28. The zero-order valence-corrected chi connectivity index (χ0v) is 25.1. The van der Waals surface area contributed by atoms with Gasteiger partial charge in [-0.1, -0.05) is 40.3 Å². The van der Waals surface area contributed by atoms with Crippen LogP contribution in [0.3, 0.4) is 0 Å². The molecular formula is C35H25N5Pt-2. The van der Waals surface area contributed by atoms with Crippen LogP contribution >= 0.6 is 0 Å². The third-order valence-corrected chi connectivity index (χ3v) is 7.68. The Labute approximate surface area is 252 Å². The molecule has 5 nitrogen and oxygen atoms in total. The van der Waals surface area contributed by atoms with Gasteiger partial charge in [-0.25, -0.2) is 4.98 Å². The Kier molecular flexibility index (Phi) is 5.95. The molecule has 0 aliphatic rings. The maximum atomic E-state index is 5.44. The number of benzene rings is 4. The standard InChI is InChI=1S/C35H25N5.Pt/c1-23-12-14-32-28(18-23)30-21-31-29-19-24(2)13-15-33(29)40(27-11-7-10-26(20-27)38-17-16-37(3)22-38)35(31)36-34(30)39(32)25-8-5-4-6-9-25;/h4-8,10-19,21H,1-3H3;/q-2;. The fourth-order valence-corrected chi connectivity index (χ4v) is 5.84. The summed E-state index contributed by atoms with van der Waals surface area (Å²) in [7, 11) is 1.97. The number of rotatable bonds is 3. The summed E-state index contributed by atoms with van der Waals surface area (Å²) in [4.78, 5) is 5.44. The number of imidazole rings is 1. The predicted molar refractivity (Wildman–Crippen MR) is 159 cm³/mol. The molecule has 4 aromatic heterocycles. The summed E-state index contributed by atoms with van der Waals surface area (Å²) in [6.07, 6.45) is 7.25. The molecule has 0 atom stereocenters. The van der Waals surface area contributed by atoms with Crippen molar-refractivity contribution in [3.63, 3.8) is 0 Å². The van der Waals surface area contributed by atoms with Crippen LogP contribution in [0.5, 0.6) is 0 Å². The molecule has 202 valence electrons. The van der Waals surface area contributed by atoms with Crippen molar-refractivity contribution in [1.82, 2.24) is 18.7 Å². The van der Waals surface area contributed by atoms with Crippen molar-refractivity contribution in [2.24, 2.45) is 7.05 Å². The number of para-hydroxylation sites is 1. The van der Waals surface area contributed by atoms with E-state index in [9.17, 15) is 0 Å². The van der Waals surface area contributed by atoms with E-state index in [4.69, 9.17) is 4.98 Å². The molecule has 0 bridgehead atoms. The van der Waals surface area contributed by atoms with E-state index in [0.717, 1.165) is 50.2 Å². The normalized spacial score (nSPS) is 11.6. The van der Waals surface area contributed by atoms with Crippen LogP contribution < -0.4 is 4.57 Å². The SMILES string of the molecule is Cc1ccc2c(c1)c1cc3c4cc(C)ccc4n(-c4[c-]c(-n5[c-][n+](C)cc5)ccc4)c3nc1n2-c1[c-]cccc1.[Pt]. The van der Waals surface area contributed by atoms with Gasteiger partial charge in [-0.15, -0.1) is 12.1 Å². The summed E-state index contributed by atoms with van der Waals surface area (Å²) in [6, 6.07) is 36.9. The van der Waals surface area contributed by atoms with E-state index in [2.05, 4.69) is 114 Å². The van der Waals surface area contributed by atoms with Crippen molar-refractivity contribution in [3.8, 4) is 17.1 Å². The van der Waals surface area contributed by atoms with E-state index in [1.807, 2.05) is 40.7 Å². The number of nitrogens with zero attached hydrogens (tertiary/aromatic N) is 5. The molecule has 0 saturated carbocycles. The molecule has 0 radical (unpaired) electrons. The second kappa shape index (κ2) is 9.57. The van der Waals surface area contributed by atoms with Gasteiger partial charge in [0.1, 0.15) is 11.3 Å². The largest absolute Gasteiger partial charge is 0.348 e. The Morgan fingerprint density at radius 2 is 1.32 bits per heavy atom. The van der Waals surface area contributed by atoms with E-state index in [1.54, 1.807) is 0 Å². The molecule has 0 N–H and O–H groups in total. The smallest absolute Gasteiger partial charge is 0.241 e. The summed E-state index contributed by atoms with van der Waals surface area (Å²) in [5.41, 5.74) is 9.32. The van der Waals surface area contributed by atoms with Crippen molar-refractivity contribution in [1.29, 1.82) is 0 Å². The molecule has 0 spiro atoms. The molecular weight excluding hydrogens is 685 g/mol. The molecule has 0 saturated heterocycles. The minimum absolute atomic E-state index is 0. The zero-order valence-electron chi connectivity index (χ0n) is 22.8. The van der Waals surface area contributed by atoms with Gasteiger partial charge >= 0.3 is 0 Å². The second-order valence-corrected chi connectivity index (χ2v) is 10.5. The topological polar surface area (TPSA) is 31.6 Å². The fourth-order valence-electron chi connectivity index (χ4n) is 5.84. The maximum Gasteiger partial charge on any atom is 0.241 e. The molecule has 0 amide bonds. The first-order valence-electron chi connectivity index (χ1n) is 13.4. The fraction of sp³-hybridized carbons (Fsp3) is 0.0857. The van der Waals surface area contributed by atoms with Crippen LogP contribution in [0.4, 0.5) is 0 Å². The van der Waals surface area contributed by atoms with Crippen molar-refractivity contribution in [2.45, 2.75) is 13.8 Å². The summed E-state index contributed by atoms with van der Waals surface area (Å²) in [5.74, 6) is 0. The van der Waals surface area contributed by atoms with Gasteiger partial charge < -0.3 is 18.3 Å². The Bertz CT molecular complexity index is 2250. The minimum Gasteiger partial charge on any atom is -0.348 e. The first kappa shape index (κ1) is 25.5. The van der Waals surface area contributed by atoms with E-state index in [0.29, 0.717) is 0 Å².